The Labute approximate surface area is 219 Å². The van der Waals surface area contributed by atoms with Gasteiger partial charge in [-0.25, -0.2) is 4.98 Å². The molecule has 0 N–H and O–H groups in total. The summed E-state index contributed by atoms with van der Waals surface area (Å²) in [4.78, 5) is 9.09. The van der Waals surface area contributed by atoms with Crippen LogP contribution in [0.1, 0.15) is 81.8 Å². The van der Waals surface area contributed by atoms with Crippen LogP contribution in [-0.2, 0) is 14.9 Å². The van der Waals surface area contributed by atoms with Crippen molar-refractivity contribution in [1.82, 2.24) is 9.97 Å². The summed E-state index contributed by atoms with van der Waals surface area (Å²) in [5, 5.41) is 0.424. The lowest BCUT2D eigenvalue weighted by Crippen LogP contribution is -2.18. The molecule has 0 saturated heterocycles. The summed E-state index contributed by atoms with van der Waals surface area (Å²) in [7, 11) is -4.24. The molecule has 2 heterocycles. The van der Waals surface area contributed by atoms with Gasteiger partial charge in [0, 0.05) is 6.07 Å². The van der Waals surface area contributed by atoms with Gasteiger partial charge >= 0.3 is 10.1 Å². The van der Waals surface area contributed by atoms with Crippen LogP contribution in [0.25, 0.3) is 10.9 Å². The van der Waals surface area contributed by atoms with Crippen molar-refractivity contribution in [2.24, 2.45) is 0 Å². The molecule has 0 saturated carbocycles. The molecule has 1 aliphatic rings. The van der Waals surface area contributed by atoms with Crippen molar-refractivity contribution in [3.63, 3.8) is 0 Å². The molecular weight excluding hydrogens is 492 g/mol. The number of benzene rings is 2. The van der Waals surface area contributed by atoms with Gasteiger partial charge in [0.05, 0.1) is 24.1 Å². The minimum absolute atomic E-state index is 0.0233. The Morgan fingerprint density at radius 2 is 1.35 bits per heavy atom. The fraction of sp³-hybridized carbons (Fsp3) is 0.500. The summed E-state index contributed by atoms with van der Waals surface area (Å²) >= 11 is 0. The standard InChI is InChI=1S/C28H36N2O6S/c1-16(2)20-12-21(17(3)4)27(22(13-20)18(5)6)37(31,32)36-28-23-14-25-26(15-24(23)29-19(7)30-28)35-11-9-33-8-10-34-25/h12-18H,8-11H2,1-7H3. The number of ether oxygens (including phenoxy) is 3. The molecule has 200 valence electrons. The minimum atomic E-state index is -4.24. The second-order valence-electron chi connectivity index (χ2n) is 10.2. The second-order valence-corrected chi connectivity index (χ2v) is 11.7. The zero-order chi connectivity index (χ0) is 26.9. The molecule has 0 spiro atoms. The van der Waals surface area contributed by atoms with E-state index in [4.69, 9.17) is 18.4 Å². The minimum Gasteiger partial charge on any atom is -0.487 e. The number of nitrogens with zero attached hydrogens (tertiary/aromatic N) is 2. The van der Waals surface area contributed by atoms with Crippen LogP contribution in [0.3, 0.4) is 0 Å². The zero-order valence-corrected chi connectivity index (χ0v) is 23.4. The molecule has 9 heteroatoms. The van der Waals surface area contributed by atoms with Crippen molar-refractivity contribution in [3.05, 3.63) is 46.8 Å². The lowest BCUT2D eigenvalue weighted by atomic mass is 9.89. The number of fused-ring (bicyclic) bond motifs is 2. The van der Waals surface area contributed by atoms with E-state index in [1.54, 1.807) is 19.1 Å². The lowest BCUT2D eigenvalue weighted by molar-refractivity contribution is 0.0877. The summed E-state index contributed by atoms with van der Waals surface area (Å²) in [5.41, 5.74) is 3.08. The van der Waals surface area contributed by atoms with Crippen molar-refractivity contribution >= 4 is 21.0 Å². The third-order valence-corrected chi connectivity index (χ3v) is 7.68. The maximum atomic E-state index is 14.0. The van der Waals surface area contributed by atoms with Gasteiger partial charge in [-0.3, -0.25) is 0 Å². The van der Waals surface area contributed by atoms with Crippen LogP contribution in [0.2, 0.25) is 0 Å². The van der Waals surface area contributed by atoms with E-state index in [0.717, 1.165) is 16.7 Å². The lowest BCUT2D eigenvalue weighted by Gasteiger charge is -2.22. The summed E-state index contributed by atoms with van der Waals surface area (Å²) < 4.78 is 50.9. The van der Waals surface area contributed by atoms with Crippen molar-refractivity contribution < 1.29 is 26.8 Å². The number of aromatic nitrogens is 2. The van der Waals surface area contributed by atoms with Gasteiger partial charge in [-0.15, -0.1) is 0 Å². The van der Waals surface area contributed by atoms with Gasteiger partial charge in [0.1, 0.15) is 23.9 Å². The Morgan fingerprint density at radius 1 is 0.784 bits per heavy atom. The summed E-state index contributed by atoms with van der Waals surface area (Å²) in [6.07, 6.45) is 0. The predicted molar refractivity (Wildman–Crippen MR) is 143 cm³/mol. The third-order valence-electron chi connectivity index (χ3n) is 6.33. The first-order valence-corrected chi connectivity index (χ1v) is 14.2. The third kappa shape index (κ3) is 5.83. The van der Waals surface area contributed by atoms with Gasteiger partial charge in [-0.2, -0.15) is 13.4 Å². The molecule has 0 atom stereocenters. The van der Waals surface area contributed by atoms with Crippen LogP contribution in [0, 0.1) is 6.92 Å². The Hall–Kier alpha value is -2.91. The number of rotatable bonds is 6. The quantitative estimate of drug-likeness (QED) is 0.367. The Balaban J connectivity index is 1.87. The summed E-state index contributed by atoms with van der Waals surface area (Å²) in [6.45, 7) is 15.5. The molecule has 1 aliphatic heterocycles. The molecule has 3 aromatic rings. The average Bonchev–Trinajstić information content (AvgIpc) is 2.93. The monoisotopic (exact) mass is 528 g/mol. The van der Waals surface area contributed by atoms with E-state index in [-0.39, 0.29) is 28.5 Å². The topological polar surface area (TPSA) is 96.8 Å². The fourth-order valence-electron chi connectivity index (χ4n) is 4.36. The van der Waals surface area contributed by atoms with Crippen molar-refractivity contribution in [1.29, 1.82) is 0 Å². The van der Waals surface area contributed by atoms with Gasteiger partial charge in [0.15, 0.2) is 11.5 Å². The highest BCUT2D eigenvalue weighted by molar-refractivity contribution is 7.87. The van der Waals surface area contributed by atoms with Crippen molar-refractivity contribution in [2.75, 3.05) is 26.4 Å². The SMILES string of the molecule is Cc1nc(OS(=O)(=O)c2c(C(C)C)cc(C(C)C)cc2C(C)C)c2cc3c(cc2n1)OCCOCCO3. The number of hydrogen-bond donors (Lipinski definition) is 0. The highest BCUT2D eigenvalue weighted by atomic mass is 32.2. The molecular formula is C28H36N2O6S. The van der Waals surface area contributed by atoms with Gasteiger partial charge in [0.2, 0.25) is 5.88 Å². The Morgan fingerprint density at radius 3 is 1.89 bits per heavy atom. The van der Waals surface area contributed by atoms with Crippen molar-refractivity contribution in [2.45, 2.75) is 71.1 Å². The van der Waals surface area contributed by atoms with Crippen LogP contribution in [0.15, 0.2) is 29.2 Å². The zero-order valence-electron chi connectivity index (χ0n) is 22.6. The Bertz CT molecular complexity index is 1370. The predicted octanol–water partition coefficient (Wildman–Crippen LogP) is 5.86. The number of aryl methyl sites for hydroxylation is 1. The van der Waals surface area contributed by atoms with Crippen LogP contribution >= 0.6 is 0 Å². The van der Waals surface area contributed by atoms with E-state index < -0.39 is 10.1 Å². The van der Waals surface area contributed by atoms with E-state index in [1.807, 2.05) is 39.8 Å². The molecule has 0 fully saturated rings. The largest absolute Gasteiger partial charge is 0.487 e. The fourth-order valence-corrected chi connectivity index (χ4v) is 5.94. The van der Waals surface area contributed by atoms with Gasteiger partial charge < -0.3 is 18.4 Å². The molecule has 0 amide bonds. The first kappa shape index (κ1) is 27.1. The molecule has 2 aromatic carbocycles. The molecule has 37 heavy (non-hydrogen) atoms. The highest BCUT2D eigenvalue weighted by Gasteiger charge is 2.30. The van der Waals surface area contributed by atoms with Crippen LogP contribution in [-0.4, -0.2) is 44.8 Å². The van der Waals surface area contributed by atoms with E-state index in [2.05, 4.69) is 23.8 Å². The molecule has 0 radical (unpaired) electrons. The number of hydrogen-bond acceptors (Lipinski definition) is 8. The van der Waals surface area contributed by atoms with Crippen LogP contribution < -0.4 is 13.7 Å². The summed E-state index contributed by atoms with van der Waals surface area (Å²) in [5.74, 6) is 1.53. The smallest absolute Gasteiger partial charge is 0.341 e. The van der Waals surface area contributed by atoms with Gasteiger partial charge in [-0.05, 0) is 47.4 Å². The van der Waals surface area contributed by atoms with Crippen molar-refractivity contribution in [3.8, 4) is 17.4 Å². The molecule has 8 nitrogen and oxygen atoms in total. The second kappa shape index (κ2) is 10.8. The molecule has 0 bridgehead atoms. The molecule has 0 aliphatic carbocycles. The van der Waals surface area contributed by atoms with Gasteiger partial charge in [0.25, 0.3) is 0 Å². The van der Waals surface area contributed by atoms with Crippen LogP contribution in [0.4, 0.5) is 0 Å². The van der Waals surface area contributed by atoms with E-state index in [1.165, 1.54) is 0 Å². The Kier molecular flexibility index (Phi) is 7.94. The maximum Gasteiger partial charge on any atom is 0.341 e. The molecule has 1 aromatic heterocycles. The van der Waals surface area contributed by atoms with Crippen LogP contribution in [0.5, 0.6) is 17.4 Å². The average molecular weight is 529 g/mol. The molecule has 0 unspecified atom stereocenters. The van der Waals surface area contributed by atoms with E-state index >= 15 is 0 Å². The van der Waals surface area contributed by atoms with E-state index in [0.29, 0.717) is 54.7 Å². The highest BCUT2D eigenvalue weighted by Crippen LogP contribution is 2.39. The molecule has 4 rings (SSSR count). The summed E-state index contributed by atoms with van der Waals surface area (Å²) in [6, 6.07) is 7.37. The normalized spacial score (nSPS) is 14.6. The first-order valence-electron chi connectivity index (χ1n) is 12.8. The van der Waals surface area contributed by atoms with E-state index in [9.17, 15) is 8.42 Å². The van der Waals surface area contributed by atoms with Gasteiger partial charge in [-0.1, -0.05) is 53.7 Å². The maximum absolute atomic E-state index is 14.0. The first-order chi connectivity index (χ1) is 17.5.